The lowest BCUT2D eigenvalue weighted by molar-refractivity contribution is 0.0193. The first-order valence-corrected chi connectivity index (χ1v) is 10.6. The molecule has 0 saturated carbocycles. The summed E-state index contributed by atoms with van der Waals surface area (Å²) in [6, 6.07) is 0.159. The Hall–Kier alpha value is -1.83. The van der Waals surface area contributed by atoms with Gasteiger partial charge in [0.15, 0.2) is 5.96 Å². The lowest BCUT2D eigenvalue weighted by Crippen LogP contribution is -2.53. The number of amides is 1. The van der Waals surface area contributed by atoms with Gasteiger partial charge in [-0.1, -0.05) is 6.92 Å². The average Bonchev–Trinajstić information content (AvgIpc) is 3.07. The molecule has 2 heterocycles. The Morgan fingerprint density at radius 2 is 2.22 bits per heavy atom. The SMILES string of the molecule is CCNC(=NCc1ncc(CC)s1)NC1CCCN(C(=O)OC(C)(C)C)C1. The van der Waals surface area contributed by atoms with E-state index in [1.807, 2.05) is 33.9 Å². The number of aryl methyl sites for hydroxylation is 1. The van der Waals surface area contributed by atoms with E-state index in [1.165, 1.54) is 4.88 Å². The number of hydrogen-bond acceptors (Lipinski definition) is 5. The average molecular weight is 396 g/mol. The highest BCUT2D eigenvalue weighted by atomic mass is 32.1. The number of hydrogen-bond donors (Lipinski definition) is 2. The van der Waals surface area contributed by atoms with Crippen molar-refractivity contribution in [3.05, 3.63) is 16.1 Å². The van der Waals surface area contributed by atoms with Crippen LogP contribution in [0, 0.1) is 0 Å². The quantitative estimate of drug-likeness (QED) is 0.591. The molecule has 1 aliphatic rings. The first-order chi connectivity index (χ1) is 12.8. The Bertz CT molecular complexity index is 638. The lowest BCUT2D eigenvalue weighted by Gasteiger charge is -2.35. The summed E-state index contributed by atoms with van der Waals surface area (Å²) in [7, 11) is 0. The molecule has 0 aliphatic carbocycles. The Kier molecular flexibility index (Phi) is 7.89. The fourth-order valence-corrected chi connectivity index (χ4v) is 3.62. The fraction of sp³-hybridized carbons (Fsp3) is 0.737. The highest BCUT2D eigenvalue weighted by molar-refractivity contribution is 7.11. The second-order valence-corrected chi connectivity index (χ2v) is 8.88. The Labute approximate surface area is 166 Å². The van der Waals surface area contributed by atoms with Gasteiger partial charge >= 0.3 is 6.09 Å². The maximum atomic E-state index is 12.3. The molecule has 1 aliphatic heterocycles. The summed E-state index contributed by atoms with van der Waals surface area (Å²) in [5.41, 5.74) is -0.473. The molecule has 1 amide bonds. The number of aromatic nitrogens is 1. The maximum Gasteiger partial charge on any atom is 0.410 e. The largest absolute Gasteiger partial charge is 0.444 e. The summed E-state index contributed by atoms with van der Waals surface area (Å²) in [5.74, 6) is 0.766. The number of piperidine rings is 1. The molecular formula is C19H33N5O2S. The van der Waals surface area contributed by atoms with Gasteiger partial charge in [-0.2, -0.15) is 0 Å². The summed E-state index contributed by atoms with van der Waals surface area (Å²) < 4.78 is 5.50. The number of ether oxygens (including phenoxy) is 1. The van der Waals surface area contributed by atoms with Crippen LogP contribution in [0.25, 0.3) is 0 Å². The lowest BCUT2D eigenvalue weighted by atomic mass is 10.1. The summed E-state index contributed by atoms with van der Waals surface area (Å²) >= 11 is 1.71. The van der Waals surface area contributed by atoms with Crippen molar-refractivity contribution in [2.45, 2.75) is 72.1 Å². The summed E-state index contributed by atoms with van der Waals surface area (Å²) in [6.07, 6.45) is 4.63. The number of nitrogens with zero attached hydrogens (tertiary/aromatic N) is 3. The van der Waals surface area contributed by atoms with Gasteiger partial charge < -0.3 is 20.3 Å². The molecule has 0 aromatic carbocycles. The second-order valence-electron chi connectivity index (χ2n) is 7.68. The van der Waals surface area contributed by atoms with Crippen molar-refractivity contribution in [2.24, 2.45) is 4.99 Å². The van der Waals surface area contributed by atoms with Crippen molar-refractivity contribution in [2.75, 3.05) is 19.6 Å². The molecule has 1 fully saturated rings. The van der Waals surface area contributed by atoms with Crippen LogP contribution in [0.5, 0.6) is 0 Å². The molecule has 0 radical (unpaired) electrons. The predicted octanol–water partition coefficient (Wildman–Crippen LogP) is 3.16. The highest BCUT2D eigenvalue weighted by Crippen LogP contribution is 2.16. The van der Waals surface area contributed by atoms with Crippen molar-refractivity contribution in [1.29, 1.82) is 0 Å². The molecule has 27 heavy (non-hydrogen) atoms. The van der Waals surface area contributed by atoms with Crippen LogP contribution in [0.4, 0.5) is 4.79 Å². The smallest absolute Gasteiger partial charge is 0.410 e. The maximum absolute atomic E-state index is 12.3. The van der Waals surface area contributed by atoms with E-state index in [-0.39, 0.29) is 12.1 Å². The van der Waals surface area contributed by atoms with Gasteiger partial charge in [-0.05, 0) is 47.0 Å². The predicted molar refractivity (Wildman–Crippen MR) is 110 cm³/mol. The number of guanidine groups is 1. The molecule has 2 N–H and O–H groups in total. The summed E-state index contributed by atoms with van der Waals surface area (Å²) in [6.45, 7) is 12.6. The van der Waals surface area contributed by atoms with Gasteiger partial charge in [-0.15, -0.1) is 11.3 Å². The van der Waals surface area contributed by atoms with Gasteiger partial charge in [0.25, 0.3) is 0 Å². The number of rotatable bonds is 5. The van der Waals surface area contributed by atoms with Gasteiger partial charge in [-0.25, -0.2) is 14.8 Å². The van der Waals surface area contributed by atoms with Gasteiger partial charge in [0.1, 0.15) is 10.6 Å². The van der Waals surface area contributed by atoms with Gasteiger partial charge in [0.2, 0.25) is 0 Å². The third kappa shape index (κ3) is 7.36. The van der Waals surface area contributed by atoms with Crippen LogP contribution in [0.3, 0.4) is 0 Å². The molecule has 0 bridgehead atoms. The number of nitrogens with one attached hydrogen (secondary N) is 2. The van der Waals surface area contributed by atoms with Crippen LogP contribution < -0.4 is 10.6 Å². The van der Waals surface area contributed by atoms with E-state index < -0.39 is 5.60 Å². The number of carbonyl (C=O) groups is 1. The first-order valence-electron chi connectivity index (χ1n) is 9.77. The third-order valence-electron chi connectivity index (χ3n) is 4.08. The molecule has 0 spiro atoms. The molecule has 2 rings (SSSR count). The Morgan fingerprint density at radius 3 is 2.85 bits per heavy atom. The van der Waals surface area contributed by atoms with Gasteiger partial charge in [-0.3, -0.25) is 0 Å². The van der Waals surface area contributed by atoms with E-state index >= 15 is 0 Å². The zero-order valence-electron chi connectivity index (χ0n) is 17.2. The molecule has 1 aromatic heterocycles. The number of carbonyl (C=O) groups excluding carboxylic acids is 1. The topological polar surface area (TPSA) is 78.9 Å². The van der Waals surface area contributed by atoms with Crippen LogP contribution in [-0.4, -0.2) is 53.2 Å². The van der Waals surface area contributed by atoms with Crippen LogP contribution in [0.1, 0.15) is 57.3 Å². The van der Waals surface area contributed by atoms with E-state index in [4.69, 9.17) is 4.74 Å². The van der Waals surface area contributed by atoms with E-state index in [0.29, 0.717) is 13.1 Å². The molecule has 1 atom stereocenters. The summed E-state index contributed by atoms with van der Waals surface area (Å²) in [5, 5.41) is 7.76. The van der Waals surface area contributed by atoms with Crippen molar-refractivity contribution < 1.29 is 9.53 Å². The van der Waals surface area contributed by atoms with Crippen LogP contribution in [-0.2, 0) is 17.7 Å². The molecule has 152 valence electrons. The normalized spacial score (nSPS) is 18.3. The third-order valence-corrected chi connectivity index (χ3v) is 5.21. The van der Waals surface area contributed by atoms with Crippen molar-refractivity contribution in [3.63, 3.8) is 0 Å². The summed E-state index contributed by atoms with van der Waals surface area (Å²) in [4.78, 5) is 24.5. The Balaban J connectivity index is 1.94. The van der Waals surface area contributed by atoms with Crippen molar-refractivity contribution in [3.8, 4) is 0 Å². The van der Waals surface area contributed by atoms with E-state index in [0.717, 1.165) is 43.3 Å². The van der Waals surface area contributed by atoms with E-state index in [2.05, 4.69) is 27.5 Å². The van der Waals surface area contributed by atoms with E-state index in [1.54, 1.807) is 16.2 Å². The molecule has 1 saturated heterocycles. The van der Waals surface area contributed by atoms with Crippen molar-refractivity contribution in [1.82, 2.24) is 20.5 Å². The monoisotopic (exact) mass is 395 g/mol. The minimum Gasteiger partial charge on any atom is -0.444 e. The van der Waals surface area contributed by atoms with Gasteiger partial charge in [0.05, 0.1) is 6.54 Å². The van der Waals surface area contributed by atoms with E-state index in [9.17, 15) is 4.79 Å². The standard InChI is InChI=1S/C19H33N5O2S/c1-6-15-11-21-16(27-15)12-22-17(20-7-2)23-14-9-8-10-24(13-14)18(25)26-19(3,4)5/h11,14H,6-10,12-13H2,1-5H3,(H2,20,22,23). The number of aliphatic imine (C=N–C) groups is 1. The molecule has 1 aromatic rings. The number of likely N-dealkylation sites (tertiary alicyclic amines) is 1. The van der Waals surface area contributed by atoms with Gasteiger partial charge in [0, 0.05) is 36.8 Å². The molecule has 7 nitrogen and oxygen atoms in total. The minimum atomic E-state index is -0.473. The van der Waals surface area contributed by atoms with Crippen molar-refractivity contribution >= 4 is 23.4 Å². The van der Waals surface area contributed by atoms with Crippen LogP contribution in [0.15, 0.2) is 11.2 Å². The molecule has 1 unspecified atom stereocenters. The number of thiazole rings is 1. The molecular weight excluding hydrogens is 362 g/mol. The van der Waals surface area contributed by atoms with Crippen LogP contribution >= 0.6 is 11.3 Å². The zero-order valence-corrected chi connectivity index (χ0v) is 18.0. The fourth-order valence-electron chi connectivity index (χ4n) is 2.83. The molecule has 8 heteroatoms. The Morgan fingerprint density at radius 1 is 1.44 bits per heavy atom. The first kappa shape index (κ1) is 21.5. The second kappa shape index (κ2) is 9.92. The highest BCUT2D eigenvalue weighted by Gasteiger charge is 2.28. The van der Waals surface area contributed by atoms with Crippen LogP contribution in [0.2, 0.25) is 0 Å². The minimum absolute atomic E-state index is 0.159. The zero-order chi connectivity index (χ0) is 19.9.